The lowest BCUT2D eigenvalue weighted by Gasteiger charge is -2.36. The molecule has 1 aliphatic heterocycles. The van der Waals surface area contributed by atoms with E-state index in [1.165, 1.54) is 5.56 Å². The molecule has 1 fully saturated rings. The van der Waals surface area contributed by atoms with Gasteiger partial charge in [-0.15, -0.1) is 0 Å². The number of hydrogen-bond donors (Lipinski definition) is 1. The number of hydrogen-bond acceptors (Lipinski definition) is 5. The van der Waals surface area contributed by atoms with Crippen molar-refractivity contribution in [3.8, 4) is 16.9 Å². The van der Waals surface area contributed by atoms with Crippen molar-refractivity contribution in [1.29, 1.82) is 0 Å². The van der Waals surface area contributed by atoms with E-state index in [1.807, 2.05) is 51.1 Å². The van der Waals surface area contributed by atoms with Gasteiger partial charge in [-0.1, -0.05) is 38.1 Å². The van der Waals surface area contributed by atoms with E-state index in [0.717, 1.165) is 29.9 Å². The number of rotatable bonds is 6. The second kappa shape index (κ2) is 11.8. The standard InChI is InChI=1S/C32H39N3O4/c1-22(2)23-7-9-24(10-8-23)29-21-27(38-6)15-16-28(29)30(36)33-25-11-13-26(14-12-25)34-17-19-35(20-18-34)31(37)39-32(3,4)5/h7-16,21-22H,17-20H2,1-6H3,(H,33,36). The fourth-order valence-electron chi connectivity index (χ4n) is 4.56. The molecule has 0 atom stereocenters. The zero-order valence-electron chi connectivity index (χ0n) is 23.8. The summed E-state index contributed by atoms with van der Waals surface area (Å²) in [6, 6.07) is 21.6. The second-order valence-corrected chi connectivity index (χ2v) is 11.1. The van der Waals surface area contributed by atoms with E-state index in [4.69, 9.17) is 9.47 Å². The molecule has 206 valence electrons. The SMILES string of the molecule is COc1ccc(C(=O)Nc2ccc(N3CCN(C(=O)OC(C)(C)C)CC3)cc2)c(-c2ccc(C(C)C)cc2)c1. The largest absolute Gasteiger partial charge is 0.497 e. The normalized spacial score (nSPS) is 13.8. The molecular formula is C32H39N3O4. The van der Waals surface area contributed by atoms with Gasteiger partial charge in [-0.05, 0) is 85.8 Å². The van der Waals surface area contributed by atoms with E-state index in [2.05, 4.69) is 48.3 Å². The number of carbonyl (C=O) groups is 2. The van der Waals surface area contributed by atoms with Crippen LogP contribution in [0.1, 0.15) is 56.5 Å². The van der Waals surface area contributed by atoms with Crippen LogP contribution in [0.15, 0.2) is 66.7 Å². The smallest absolute Gasteiger partial charge is 0.410 e. The summed E-state index contributed by atoms with van der Waals surface area (Å²) in [7, 11) is 1.62. The Kier molecular flexibility index (Phi) is 8.48. The number of nitrogens with zero attached hydrogens (tertiary/aromatic N) is 2. The van der Waals surface area contributed by atoms with Crippen molar-refractivity contribution in [2.75, 3.05) is 43.5 Å². The molecule has 1 saturated heterocycles. The molecule has 3 aromatic rings. The van der Waals surface area contributed by atoms with Crippen LogP contribution in [0.3, 0.4) is 0 Å². The van der Waals surface area contributed by atoms with Crippen molar-refractivity contribution in [2.45, 2.75) is 46.1 Å². The molecule has 0 unspecified atom stereocenters. The van der Waals surface area contributed by atoms with E-state index in [0.29, 0.717) is 36.0 Å². The minimum absolute atomic E-state index is 0.181. The van der Waals surface area contributed by atoms with Crippen molar-refractivity contribution < 1.29 is 19.1 Å². The summed E-state index contributed by atoms with van der Waals surface area (Å²) < 4.78 is 10.9. The van der Waals surface area contributed by atoms with E-state index in [1.54, 1.807) is 24.1 Å². The molecule has 0 aliphatic carbocycles. The second-order valence-electron chi connectivity index (χ2n) is 11.1. The van der Waals surface area contributed by atoms with Crippen LogP contribution in [-0.4, -0.2) is 55.8 Å². The average Bonchev–Trinajstić information content (AvgIpc) is 2.92. The maximum absolute atomic E-state index is 13.4. The van der Waals surface area contributed by atoms with Gasteiger partial charge in [0, 0.05) is 43.1 Å². The van der Waals surface area contributed by atoms with Gasteiger partial charge in [0.05, 0.1) is 7.11 Å². The predicted molar refractivity (Wildman–Crippen MR) is 157 cm³/mol. The lowest BCUT2D eigenvalue weighted by molar-refractivity contribution is 0.0240. The molecule has 7 heteroatoms. The first kappa shape index (κ1) is 28.0. The Bertz CT molecular complexity index is 1290. The molecule has 2 amide bonds. The number of ether oxygens (including phenoxy) is 2. The molecule has 1 aliphatic rings. The first-order valence-electron chi connectivity index (χ1n) is 13.5. The molecule has 1 N–H and O–H groups in total. The summed E-state index contributed by atoms with van der Waals surface area (Å²) in [5.41, 5.74) is 4.88. The molecule has 39 heavy (non-hydrogen) atoms. The van der Waals surface area contributed by atoms with Gasteiger partial charge < -0.3 is 24.6 Å². The number of nitrogens with one attached hydrogen (secondary N) is 1. The zero-order chi connectivity index (χ0) is 28.2. The topological polar surface area (TPSA) is 71.1 Å². The molecule has 0 radical (unpaired) electrons. The molecule has 0 saturated carbocycles. The van der Waals surface area contributed by atoms with Crippen LogP contribution < -0.4 is 15.0 Å². The van der Waals surface area contributed by atoms with Gasteiger partial charge in [0.1, 0.15) is 11.4 Å². The highest BCUT2D eigenvalue weighted by Gasteiger charge is 2.26. The molecule has 3 aromatic carbocycles. The number of methoxy groups -OCH3 is 1. The Balaban J connectivity index is 1.43. The van der Waals surface area contributed by atoms with Crippen molar-refractivity contribution in [3.63, 3.8) is 0 Å². The van der Waals surface area contributed by atoms with Crippen LogP contribution in [0, 0.1) is 0 Å². The van der Waals surface area contributed by atoms with Crippen molar-refractivity contribution in [3.05, 3.63) is 77.9 Å². The first-order chi connectivity index (χ1) is 18.5. The molecule has 0 spiro atoms. The Hall–Kier alpha value is -4.00. The summed E-state index contributed by atoms with van der Waals surface area (Å²) in [6.07, 6.45) is -0.269. The highest BCUT2D eigenvalue weighted by atomic mass is 16.6. The fraction of sp³-hybridized carbons (Fsp3) is 0.375. The first-order valence-corrected chi connectivity index (χ1v) is 13.5. The average molecular weight is 530 g/mol. The van der Waals surface area contributed by atoms with E-state index < -0.39 is 5.60 Å². The molecule has 0 aromatic heterocycles. The summed E-state index contributed by atoms with van der Waals surface area (Å²) in [5.74, 6) is 0.953. The lowest BCUT2D eigenvalue weighted by Crippen LogP contribution is -2.50. The molecular weight excluding hydrogens is 490 g/mol. The summed E-state index contributed by atoms with van der Waals surface area (Å²) in [5, 5.41) is 3.04. The van der Waals surface area contributed by atoms with Gasteiger partial charge in [-0.3, -0.25) is 4.79 Å². The van der Waals surface area contributed by atoms with Crippen LogP contribution in [-0.2, 0) is 4.74 Å². The summed E-state index contributed by atoms with van der Waals surface area (Å²) in [6.45, 7) is 12.6. The van der Waals surface area contributed by atoms with E-state index >= 15 is 0 Å². The van der Waals surface area contributed by atoms with Gasteiger partial charge >= 0.3 is 6.09 Å². The van der Waals surface area contributed by atoms with Crippen LogP contribution in [0.25, 0.3) is 11.1 Å². The Morgan fingerprint density at radius 3 is 2.08 bits per heavy atom. The number of piperazine rings is 1. The van der Waals surface area contributed by atoms with Crippen molar-refractivity contribution in [2.24, 2.45) is 0 Å². The van der Waals surface area contributed by atoms with Crippen LogP contribution >= 0.6 is 0 Å². The summed E-state index contributed by atoms with van der Waals surface area (Å²) >= 11 is 0. The Morgan fingerprint density at radius 2 is 1.51 bits per heavy atom. The molecule has 0 bridgehead atoms. The third-order valence-electron chi connectivity index (χ3n) is 6.78. The van der Waals surface area contributed by atoms with Gasteiger partial charge in [-0.2, -0.15) is 0 Å². The monoisotopic (exact) mass is 529 g/mol. The van der Waals surface area contributed by atoms with Crippen LogP contribution in [0.4, 0.5) is 16.2 Å². The van der Waals surface area contributed by atoms with Gasteiger partial charge in [0.15, 0.2) is 0 Å². The van der Waals surface area contributed by atoms with Crippen LogP contribution in [0.2, 0.25) is 0 Å². The third kappa shape index (κ3) is 7.11. The van der Waals surface area contributed by atoms with Gasteiger partial charge in [-0.25, -0.2) is 4.79 Å². The number of carbonyl (C=O) groups excluding carboxylic acids is 2. The predicted octanol–water partition coefficient (Wildman–Crippen LogP) is 6.80. The van der Waals surface area contributed by atoms with Gasteiger partial charge in [0.2, 0.25) is 0 Å². The lowest BCUT2D eigenvalue weighted by atomic mass is 9.95. The number of amides is 2. The zero-order valence-corrected chi connectivity index (χ0v) is 23.8. The minimum Gasteiger partial charge on any atom is -0.497 e. The molecule has 1 heterocycles. The fourth-order valence-corrected chi connectivity index (χ4v) is 4.56. The third-order valence-corrected chi connectivity index (χ3v) is 6.78. The number of benzene rings is 3. The van der Waals surface area contributed by atoms with Gasteiger partial charge in [0.25, 0.3) is 5.91 Å². The molecule has 7 nitrogen and oxygen atoms in total. The summed E-state index contributed by atoms with van der Waals surface area (Å²) in [4.78, 5) is 29.7. The minimum atomic E-state index is -0.501. The van der Waals surface area contributed by atoms with E-state index in [9.17, 15) is 9.59 Å². The molecule has 4 rings (SSSR count). The van der Waals surface area contributed by atoms with Crippen molar-refractivity contribution in [1.82, 2.24) is 4.90 Å². The van der Waals surface area contributed by atoms with Crippen molar-refractivity contribution >= 4 is 23.4 Å². The highest BCUT2D eigenvalue weighted by molar-refractivity contribution is 6.09. The number of anilines is 2. The van der Waals surface area contributed by atoms with E-state index in [-0.39, 0.29) is 12.0 Å². The highest BCUT2D eigenvalue weighted by Crippen LogP contribution is 2.30. The Labute approximate surface area is 231 Å². The maximum atomic E-state index is 13.4. The maximum Gasteiger partial charge on any atom is 0.410 e. The quantitative estimate of drug-likeness (QED) is 0.380. The Morgan fingerprint density at radius 1 is 0.872 bits per heavy atom. The van der Waals surface area contributed by atoms with Crippen LogP contribution in [0.5, 0.6) is 5.75 Å².